The third kappa shape index (κ3) is 5.32. The lowest BCUT2D eigenvalue weighted by Crippen LogP contribution is -2.37. The highest BCUT2D eigenvalue weighted by Crippen LogP contribution is 2.37. The number of carbonyl (C=O) groups excluding carboxylic acids is 1. The lowest BCUT2D eigenvalue weighted by atomic mass is 9.81. The van der Waals surface area contributed by atoms with Crippen LogP contribution >= 0.6 is 0 Å². The minimum atomic E-state index is 0.0422. The van der Waals surface area contributed by atoms with E-state index in [0.29, 0.717) is 30.4 Å². The molecule has 2 aromatic heterocycles. The van der Waals surface area contributed by atoms with E-state index in [4.69, 9.17) is 10.00 Å². The molecule has 2 heterocycles. The normalized spacial score (nSPS) is 25.2. The van der Waals surface area contributed by atoms with Crippen molar-refractivity contribution >= 4 is 17.5 Å². The number of nitrogens with zero attached hydrogens (tertiary/aromatic N) is 5. The molecule has 2 N–H and O–H groups in total. The maximum Gasteiger partial charge on any atom is 0.230 e. The van der Waals surface area contributed by atoms with Crippen LogP contribution in [0.15, 0.2) is 18.5 Å². The molecule has 2 fully saturated rings. The molecule has 31 heavy (non-hydrogen) atoms. The van der Waals surface area contributed by atoms with E-state index in [1.165, 1.54) is 0 Å². The molecule has 0 saturated heterocycles. The molecule has 0 spiro atoms. The molecule has 9 heteroatoms. The number of nitriles is 1. The van der Waals surface area contributed by atoms with Crippen LogP contribution in [0, 0.1) is 30.1 Å². The van der Waals surface area contributed by atoms with Crippen molar-refractivity contribution in [1.82, 2.24) is 25.1 Å². The molecule has 0 bridgehead atoms. The van der Waals surface area contributed by atoms with Crippen molar-refractivity contribution in [1.29, 1.82) is 5.26 Å². The van der Waals surface area contributed by atoms with Crippen LogP contribution in [-0.4, -0.2) is 38.3 Å². The smallest absolute Gasteiger partial charge is 0.230 e. The van der Waals surface area contributed by atoms with Crippen molar-refractivity contribution < 1.29 is 9.53 Å². The fourth-order valence-corrected chi connectivity index (χ4v) is 4.27. The molecule has 0 radical (unpaired) electrons. The maximum absolute atomic E-state index is 11.2. The van der Waals surface area contributed by atoms with Crippen LogP contribution in [0.3, 0.4) is 0 Å². The van der Waals surface area contributed by atoms with Crippen molar-refractivity contribution in [3.05, 3.63) is 24.2 Å². The molecule has 164 valence electrons. The lowest BCUT2D eigenvalue weighted by Gasteiger charge is -2.30. The molecule has 2 saturated carbocycles. The number of rotatable bonds is 7. The van der Waals surface area contributed by atoms with E-state index in [0.717, 1.165) is 49.9 Å². The Morgan fingerprint density at radius 3 is 2.81 bits per heavy atom. The zero-order valence-corrected chi connectivity index (χ0v) is 18.0. The van der Waals surface area contributed by atoms with Gasteiger partial charge in [0.1, 0.15) is 0 Å². The Hall–Kier alpha value is -3.15. The zero-order chi connectivity index (χ0) is 21.8. The predicted molar refractivity (Wildman–Crippen MR) is 115 cm³/mol. The van der Waals surface area contributed by atoms with Crippen molar-refractivity contribution in [2.45, 2.75) is 64.5 Å². The summed E-state index contributed by atoms with van der Waals surface area (Å²) in [5.74, 6) is 1.67. The van der Waals surface area contributed by atoms with Gasteiger partial charge in [-0.2, -0.15) is 15.3 Å². The van der Waals surface area contributed by atoms with Gasteiger partial charge in [-0.3, -0.25) is 9.48 Å². The highest BCUT2D eigenvalue weighted by atomic mass is 16.5. The van der Waals surface area contributed by atoms with Crippen LogP contribution in [0.25, 0.3) is 0 Å². The maximum atomic E-state index is 11.2. The second-order valence-corrected chi connectivity index (χ2v) is 8.63. The Morgan fingerprint density at radius 1 is 1.32 bits per heavy atom. The highest BCUT2D eigenvalue weighted by molar-refractivity contribution is 5.73. The quantitative estimate of drug-likeness (QED) is 0.702. The Bertz CT molecular complexity index is 953. The van der Waals surface area contributed by atoms with E-state index in [1.807, 2.05) is 17.8 Å². The van der Waals surface area contributed by atoms with Gasteiger partial charge in [0.15, 0.2) is 0 Å². The third-order valence-electron chi connectivity index (χ3n) is 6.18. The molecule has 0 aliphatic heterocycles. The number of aryl methyl sites for hydroxylation is 1. The number of hydrogen-bond donors (Lipinski definition) is 2. The molecule has 4 rings (SSSR count). The molecule has 2 aromatic rings. The number of nitrogens with one attached hydrogen (secondary N) is 2. The molecule has 9 nitrogen and oxygen atoms in total. The summed E-state index contributed by atoms with van der Waals surface area (Å²) < 4.78 is 7.87. The van der Waals surface area contributed by atoms with Crippen LogP contribution in [-0.2, 0) is 4.79 Å². The van der Waals surface area contributed by atoms with Crippen LogP contribution in [0.1, 0.15) is 57.2 Å². The molecular formula is C22H29N7O2. The first-order chi connectivity index (χ1) is 15.0. The first kappa shape index (κ1) is 21.1. The van der Waals surface area contributed by atoms with Gasteiger partial charge in [-0.25, -0.2) is 4.98 Å². The summed E-state index contributed by atoms with van der Waals surface area (Å²) in [7, 11) is 0. The van der Waals surface area contributed by atoms with Gasteiger partial charge in [-0.05, 0) is 51.4 Å². The van der Waals surface area contributed by atoms with Crippen molar-refractivity contribution in [2.75, 3.05) is 11.9 Å². The second-order valence-electron chi connectivity index (χ2n) is 8.63. The Balaban J connectivity index is 1.29. The molecule has 0 aromatic carbocycles. The summed E-state index contributed by atoms with van der Waals surface area (Å²) >= 11 is 0. The van der Waals surface area contributed by atoms with Crippen LogP contribution in [0.2, 0.25) is 0 Å². The topological polar surface area (TPSA) is 118 Å². The van der Waals surface area contributed by atoms with Gasteiger partial charge in [0.2, 0.25) is 17.7 Å². The van der Waals surface area contributed by atoms with Crippen molar-refractivity contribution in [3.63, 3.8) is 0 Å². The van der Waals surface area contributed by atoms with Gasteiger partial charge in [0, 0.05) is 31.4 Å². The van der Waals surface area contributed by atoms with Gasteiger partial charge in [-0.15, -0.1) is 0 Å². The van der Waals surface area contributed by atoms with Gasteiger partial charge < -0.3 is 15.4 Å². The standard InChI is InChI=1S/C22H29N7O2/c1-14-20(12-29(28-14)19-9-17(10-19)11-23)26-22-24-8-7-21(27-22)31-13-16-3-5-18(6-4-16)25-15(2)30/h7-8,12,16-19H,3-6,9-10,13H2,1-2H3,(H,25,30)(H,24,26,27)/t16-,17?,18-,19?. The third-order valence-corrected chi connectivity index (χ3v) is 6.18. The summed E-state index contributed by atoms with van der Waals surface area (Å²) in [6.45, 7) is 4.12. The molecule has 0 atom stereocenters. The first-order valence-electron chi connectivity index (χ1n) is 11.0. The molecule has 2 aliphatic carbocycles. The number of ether oxygens (including phenoxy) is 1. The largest absolute Gasteiger partial charge is 0.477 e. The summed E-state index contributed by atoms with van der Waals surface area (Å²) in [6.07, 6.45) is 9.39. The lowest BCUT2D eigenvalue weighted by molar-refractivity contribution is -0.119. The van der Waals surface area contributed by atoms with E-state index in [9.17, 15) is 4.79 Å². The first-order valence-corrected chi connectivity index (χ1v) is 11.0. The molecule has 2 aliphatic rings. The van der Waals surface area contributed by atoms with E-state index >= 15 is 0 Å². The average molecular weight is 424 g/mol. The zero-order valence-electron chi connectivity index (χ0n) is 18.0. The molecule has 1 amide bonds. The van der Waals surface area contributed by atoms with E-state index < -0.39 is 0 Å². The summed E-state index contributed by atoms with van der Waals surface area (Å²) in [4.78, 5) is 20.0. The van der Waals surface area contributed by atoms with Crippen LogP contribution in [0.5, 0.6) is 5.88 Å². The summed E-state index contributed by atoms with van der Waals surface area (Å²) in [5.41, 5.74) is 1.72. The Kier molecular flexibility index (Phi) is 6.35. The van der Waals surface area contributed by atoms with Crippen molar-refractivity contribution in [2.24, 2.45) is 11.8 Å². The van der Waals surface area contributed by atoms with Crippen molar-refractivity contribution in [3.8, 4) is 11.9 Å². The number of aromatic nitrogens is 4. The second kappa shape index (κ2) is 9.33. The Labute approximate surface area is 182 Å². The van der Waals surface area contributed by atoms with Gasteiger partial charge in [0.05, 0.1) is 36.0 Å². The molecule has 0 unspecified atom stereocenters. The van der Waals surface area contributed by atoms with Gasteiger partial charge in [-0.1, -0.05) is 0 Å². The number of anilines is 2. The van der Waals surface area contributed by atoms with Crippen LogP contribution in [0.4, 0.5) is 11.6 Å². The van der Waals surface area contributed by atoms with Gasteiger partial charge >= 0.3 is 0 Å². The molecular weight excluding hydrogens is 394 g/mol. The van der Waals surface area contributed by atoms with E-state index in [2.05, 4.69) is 31.8 Å². The Morgan fingerprint density at radius 2 is 2.10 bits per heavy atom. The van der Waals surface area contributed by atoms with Crippen LogP contribution < -0.4 is 15.4 Å². The highest BCUT2D eigenvalue weighted by Gasteiger charge is 2.31. The van der Waals surface area contributed by atoms with E-state index in [1.54, 1.807) is 19.2 Å². The minimum Gasteiger partial charge on any atom is -0.477 e. The monoisotopic (exact) mass is 423 g/mol. The summed E-state index contributed by atoms with van der Waals surface area (Å²) in [6, 6.07) is 4.65. The van der Waals surface area contributed by atoms with Gasteiger partial charge in [0.25, 0.3) is 0 Å². The average Bonchev–Trinajstić information content (AvgIpc) is 3.06. The summed E-state index contributed by atoms with van der Waals surface area (Å²) in [5, 5.41) is 19.8. The SMILES string of the molecule is CC(=O)N[C@H]1CC[C@H](COc2ccnc(Nc3cn(C4CC(C#N)C4)nc3C)n2)CC1. The number of amides is 1. The minimum absolute atomic E-state index is 0.0422. The number of carbonyl (C=O) groups is 1. The predicted octanol–water partition coefficient (Wildman–Crippen LogP) is 3.27. The number of hydrogen-bond acceptors (Lipinski definition) is 7. The fraction of sp³-hybridized carbons (Fsp3) is 0.591. The van der Waals surface area contributed by atoms with E-state index in [-0.39, 0.29) is 17.9 Å². The fourth-order valence-electron chi connectivity index (χ4n) is 4.27.